The molecule has 0 spiro atoms. The summed E-state index contributed by atoms with van der Waals surface area (Å²) in [6.45, 7) is 5.54. The molecule has 19 heavy (non-hydrogen) atoms. The number of piperazine rings is 1. The highest BCUT2D eigenvalue weighted by Gasteiger charge is 2.13. The van der Waals surface area contributed by atoms with Crippen molar-refractivity contribution in [2.75, 3.05) is 39.8 Å². The molecule has 0 unspecified atom stereocenters. The largest absolute Gasteiger partial charge is 0.478 e. The molecular formula is C13H19N3O3. The number of hydrogen-bond acceptors (Lipinski definition) is 4. The van der Waals surface area contributed by atoms with Gasteiger partial charge < -0.3 is 14.6 Å². The van der Waals surface area contributed by atoms with Crippen molar-refractivity contribution >= 4 is 5.97 Å². The number of carboxylic acids is 1. The fraction of sp³-hybridized carbons (Fsp3) is 0.538. The SMILES string of the molecule is CN1CCN(CCn2ccc(C(=O)O)cc2=O)CC1. The zero-order valence-corrected chi connectivity index (χ0v) is 11.1. The van der Waals surface area contributed by atoms with Gasteiger partial charge in [0.05, 0.1) is 5.56 Å². The first-order chi connectivity index (χ1) is 9.06. The molecule has 0 aromatic carbocycles. The van der Waals surface area contributed by atoms with Crippen LogP contribution in [0, 0.1) is 0 Å². The molecular weight excluding hydrogens is 246 g/mol. The van der Waals surface area contributed by atoms with E-state index in [-0.39, 0.29) is 11.1 Å². The third-order valence-electron chi connectivity index (χ3n) is 3.50. The topological polar surface area (TPSA) is 65.8 Å². The molecule has 0 radical (unpaired) electrons. The standard InChI is InChI=1S/C13H19N3O3/c1-14-4-6-15(7-5-14)8-9-16-3-2-11(13(18)19)10-12(16)17/h2-3,10H,4-9H2,1H3,(H,18,19). The lowest BCUT2D eigenvalue weighted by molar-refractivity contribution is 0.0696. The molecule has 104 valence electrons. The van der Waals surface area contributed by atoms with Crippen LogP contribution in [0.4, 0.5) is 0 Å². The van der Waals surface area contributed by atoms with Crippen molar-refractivity contribution in [3.8, 4) is 0 Å². The molecule has 1 aliphatic rings. The molecule has 1 fully saturated rings. The van der Waals surface area contributed by atoms with Gasteiger partial charge in [-0.15, -0.1) is 0 Å². The van der Waals surface area contributed by atoms with Crippen molar-refractivity contribution in [3.05, 3.63) is 34.2 Å². The molecule has 1 N–H and O–H groups in total. The number of aromatic carboxylic acids is 1. The Morgan fingerprint density at radius 2 is 1.95 bits per heavy atom. The van der Waals surface area contributed by atoms with Crippen LogP contribution < -0.4 is 5.56 Å². The smallest absolute Gasteiger partial charge is 0.335 e. The maximum absolute atomic E-state index is 11.7. The van der Waals surface area contributed by atoms with Gasteiger partial charge in [-0.05, 0) is 13.1 Å². The molecule has 0 aliphatic carbocycles. The van der Waals surface area contributed by atoms with Gasteiger partial charge >= 0.3 is 5.97 Å². The second kappa shape index (κ2) is 5.99. The predicted octanol–water partition coefficient (Wildman–Crippen LogP) is -0.206. The maximum atomic E-state index is 11.7. The molecule has 1 aromatic heterocycles. The molecule has 0 amide bonds. The van der Waals surface area contributed by atoms with Gasteiger partial charge in [0.15, 0.2) is 0 Å². The summed E-state index contributed by atoms with van der Waals surface area (Å²) in [6, 6.07) is 2.64. The van der Waals surface area contributed by atoms with Crippen LogP contribution in [0.15, 0.2) is 23.1 Å². The number of carbonyl (C=O) groups is 1. The van der Waals surface area contributed by atoms with Gasteiger partial charge in [0, 0.05) is 51.5 Å². The molecule has 0 saturated carbocycles. The number of rotatable bonds is 4. The number of nitrogens with zero attached hydrogens (tertiary/aromatic N) is 3. The summed E-state index contributed by atoms with van der Waals surface area (Å²) in [5.41, 5.74) is -0.213. The van der Waals surface area contributed by atoms with E-state index < -0.39 is 5.97 Å². The average molecular weight is 265 g/mol. The van der Waals surface area contributed by atoms with Crippen LogP contribution in [-0.4, -0.2) is 65.2 Å². The van der Waals surface area contributed by atoms with Crippen molar-refractivity contribution in [2.24, 2.45) is 0 Å². The minimum absolute atomic E-state index is 0.0425. The lowest BCUT2D eigenvalue weighted by atomic mass is 10.2. The van der Waals surface area contributed by atoms with E-state index in [2.05, 4.69) is 16.8 Å². The zero-order valence-electron chi connectivity index (χ0n) is 11.1. The normalized spacial score (nSPS) is 17.5. The highest BCUT2D eigenvalue weighted by molar-refractivity contribution is 5.87. The first-order valence-corrected chi connectivity index (χ1v) is 6.41. The summed E-state index contributed by atoms with van der Waals surface area (Å²) in [6.07, 6.45) is 1.56. The van der Waals surface area contributed by atoms with Crippen LogP contribution in [0.2, 0.25) is 0 Å². The van der Waals surface area contributed by atoms with Gasteiger partial charge in [0.2, 0.25) is 0 Å². The van der Waals surface area contributed by atoms with Crippen molar-refractivity contribution in [3.63, 3.8) is 0 Å². The molecule has 6 heteroatoms. The van der Waals surface area contributed by atoms with Crippen LogP contribution in [-0.2, 0) is 6.54 Å². The van der Waals surface area contributed by atoms with Gasteiger partial charge in [-0.2, -0.15) is 0 Å². The van der Waals surface area contributed by atoms with Crippen molar-refractivity contribution in [1.82, 2.24) is 14.4 Å². The Morgan fingerprint density at radius 1 is 1.26 bits per heavy atom. The molecule has 1 aliphatic heterocycles. The van der Waals surface area contributed by atoms with E-state index in [4.69, 9.17) is 5.11 Å². The number of aromatic nitrogens is 1. The Balaban J connectivity index is 1.93. The summed E-state index contributed by atoms with van der Waals surface area (Å²) in [7, 11) is 2.10. The van der Waals surface area contributed by atoms with Gasteiger partial charge in [-0.3, -0.25) is 9.69 Å². The second-order valence-electron chi connectivity index (χ2n) is 4.90. The van der Waals surface area contributed by atoms with Crippen LogP contribution >= 0.6 is 0 Å². The Morgan fingerprint density at radius 3 is 2.53 bits per heavy atom. The van der Waals surface area contributed by atoms with Crippen molar-refractivity contribution in [1.29, 1.82) is 0 Å². The van der Waals surface area contributed by atoms with Crippen LogP contribution in [0.1, 0.15) is 10.4 Å². The number of hydrogen-bond donors (Lipinski definition) is 1. The number of likely N-dealkylation sites (N-methyl/N-ethyl adjacent to an activating group) is 1. The fourth-order valence-corrected chi connectivity index (χ4v) is 2.15. The van der Waals surface area contributed by atoms with E-state index in [1.807, 2.05) is 0 Å². The monoisotopic (exact) mass is 265 g/mol. The van der Waals surface area contributed by atoms with E-state index in [1.165, 1.54) is 12.1 Å². The zero-order chi connectivity index (χ0) is 13.8. The third kappa shape index (κ3) is 3.65. The summed E-state index contributed by atoms with van der Waals surface area (Å²) < 4.78 is 1.56. The van der Waals surface area contributed by atoms with Crippen LogP contribution in [0.3, 0.4) is 0 Å². The molecule has 0 bridgehead atoms. The van der Waals surface area contributed by atoms with Gasteiger partial charge in [-0.1, -0.05) is 0 Å². The van der Waals surface area contributed by atoms with E-state index >= 15 is 0 Å². The summed E-state index contributed by atoms with van der Waals surface area (Å²) in [4.78, 5) is 27.1. The first kappa shape index (κ1) is 13.8. The predicted molar refractivity (Wildman–Crippen MR) is 71.6 cm³/mol. The van der Waals surface area contributed by atoms with E-state index in [0.29, 0.717) is 6.54 Å². The van der Waals surface area contributed by atoms with Crippen molar-refractivity contribution < 1.29 is 9.90 Å². The minimum Gasteiger partial charge on any atom is -0.478 e. The minimum atomic E-state index is -1.07. The number of pyridine rings is 1. The quantitative estimate of drug-likeness (QED) is 0.816. The highest BCUT2D eigenvalue weighted by atomic mass is 16.4. The van der Waals surface area contributed by atoms with Crippen molar-refractivity contribution in [2.45, 2.75) is 6.54 Å². The Bertz CT molecular complexity index is 504. The fourth-order valence-electron chi connectivity index (χ4n) is 2.15. The third-order valence-corrected chi connectivity index (χ3v) is 3.50. The summed E-state index contributed by atoms with van der Waals surface area (Å²) in [5.74, 6) is -1.07. The summed E-state index contributed by atoms with van der Waals surface area (Å²) >= 11 is 0. The average Bonchev–Trinajstić information content (AvgIpc) is 2.39. The second-order valence-corrected chi connectivity index (χ2v) is 4.90. The van der Waals surface area contributed by atoms with Gasteiger partial charge in [0.25, 0.3) is 5.56 Å². The molecule has 2 heterocycles. The summed E-state index contributed by atoms with van der Waals surface area (Å²) in [5, 5.41) is 8.80. The molecule has 6 nitrogen and oxygen atoms in total. The number of carboxylic acid groups (broad SMARTS) is 1. The Hall–Kier alpha value is -1.66. The van der Waals surface area contributed by atoms with Gasteiger partial charge in [0.1, 0.15) is 0 Å². The molecule has 1 aromatic rings. The highest BCUT2D eigenvalue weighted by Crippen LogP contribution is 2.00. The van der Waals surface area contributed by atoms with E-state index in [9.17, 15) is 9.59 Å². The van der Waals surface area contributed by atoms with E-state index in [0.717, 1.165) is 32.7 Å². The van der Waals surface area contributed by atoms with E-state index in [1.54, 1.807) is 10.8 Å². The Kier molecular flexibility index (Phi) is 4.34. The Labute approximate surface area is 111 Å². The first-order valence-electron chi connectivity index (χ1n) is 6.41. The lowest BCUT2D eigenvalue weighted by Gasteiger charge is -2.32. The van der Waals surface area contributed by atoms with Crippen LogP contribution in [0.5, 0.6) is 0 Å². The molecule has 0 atom stereocenters. The molecule has 1 saturated heterocycles. The maximum Gasteiger partial charge on any atom is 0.335 e. The van der Waals surface area contributed by atoms with Gasteiger partial charge in [-0.25, -0.2) is 4.79 Å². The lowest BCUT2D eigenvalue weighted by Crippen LogP contribution is -2.45. The van der Waals surface area contributed by atoms with Crippen LogP contribution in [0.25, 0.3) is 0 Å². The molecule has 2 rings (SSSR count).